The third-order valence-corrected chi connectivity index (χ3v) is 6.25. The van der Waals surface area contributed by atoms with Gasteiger partial charge in [-0.25, -0.2) is 0 Å². The molecule has 22 heavy (non-hydrogen) atoms. The van der Waals surface area contributed by atoms with E-state index in [9.17, 15) is 29.7 Å². The summed E-state index contributed by atoms with van der Waals surface area (Å²) >= 11 is -4.44. The van der Waals surface area contributed by atoms with Crippen molar-refractivity contribution >= 4 is 40.7 Å². The van der Waals surface area contributed by atoms with Crippen molar-refractivity contribution in [2.24, 2.45) is 0 Å². The summed E-state index contributed by atoms with van der Waals surface area (Å²) in [6.07, 6.45) is -4.13. The Bertz CT molecular complexity index is 330. The van der Waals surface area contributed by atoms with E-state index in [4.69, 9.17) is 8.56 Å². The van der Waals surface area contributed by atoms with Gasteiger partial charge in [0.15, 0.2) is 0 Å². The van der Waals surface area contributed by atoms with Gasteiger partial charge in [-0.1, -0.05) is 0 Å². The molecule has 0 aliphatic carbocycles. The average Bonchev–Trinajstić information content (AvgIpc) is 2.51. The molecule has 0 amide bonds. The summed E-state index contributed by atoms with van der Waals surface area (Å²) in [5, 5.41) is 28.0. The van der Waals surface area contributed by atoms with Crippen molar-refractivity contribution in [3.05, 3.63) is 0 Å². The summed E-state index contributed by atoms with van der Waals surface area (Å²) in [6.45, 7) is 4.57. The van der Waals surface area contributed by atoms with E-state index < -0.39 is 59.0 Å². The Kier molecular flexibility index (Phi) is 10.4. The van der Waals surface area contributed by atoms with E-state index in [0.717, 1.165) is 0 Å². The first-order chi connectivity index (χ1) is 10.3. The molecular weight excluding hydrogens is 403 g/mol. The molecule has 9 nitrogen and oxygen atoms in total. The summed E-state index contributed by atoms with van der Waals surface area (Å²) in [4.78, 5) is 34.5. The number of hydrogen-bond acceptors (Lipinski definition) is 9. The van der Waals surface area contributed by atoms with Gasteiger partial charge in [0.05, 0.1) is 0 Å². The molecule has 126 valence electrons. The summed E-state index contributed by atoms with van der Waals surface area (Å²) in [7, 11) is 0. The Hall–Kier alpha value is -0.840. The fraction of sp³-hybridized carbons (Fsp3) is 0.750. The molecule has 3 N–H and O–H groups in total. The van der Waals surface area contributed by atoms with Gasteiger partial charge in [-0.2, -0.15) is 0 Å². The van der Waals surface area contributed by atoms with E-state index in [1.165, 1.54) is 20.8 Å². The molecule has 3 unspecified atom stereocenters. The maximum absolute atomic E-state index is 11.5. The first-order valence-electron chi connectivity index (χ1n) is 6.92. The predicted molar refractivity (Wildman–Crippen MR) is 72.9 cm³/mol. The van der Waals surface area contributed by atoms with E-state index in [1.807, 2.05) is 0 Å². The molecule has 10 heteroatoms. The van der Waals surface area contributed by atoms with Gasteiger partial charge in [0.1, 0.15) is 0 Å². The normalized spacial score (nSPS) is 14.5. The second-order valence-electron chi connectivity index (χ2n) is 4.37. The second-order valence-corrected chi connectivity index (χ2v) is 8.04. The van der Waals surface area contributed by atoms with Crippen LogP contribution in [-0.4, -0.2) is 74.3 Å². The van der Waals surface area contributed by atoms with Gasteiger partial charge >= 0.3 is 137 Å². The molecule has 0 aliphatic rings. The number of rotatable bonds is 9. The molecule has 3 atom stereocenters. The first kappa shape index (κ1) is 21.2. The SMILES string of the molecule is CCC(O)C(=O)[O][In]([O]C(=O)C(O)CC)[O]C(=O)C(O)CC. The van der Waals surface area contributed by atoms with Crippen LogP contribution in [0.2, 0.25) is 0 Å². The van der Waals surface area contributed by atoms with Gasteiger partial charge in [0.25, 0.3) is 0 Å². The van der Waals surface area contributed by atoms with Crippen molar-refractivity contribution < 1.29 is 38.3 Å². The van der Waals surface area contributed by atoms with Crippen molar-refractivity contribution in [2.75, 3.05) is 0 Å². The molecule has 0 saturated carbocycles. The van der Waals surface area contributed by atoms with Crippen molar-refractivity contribution in [1.29, 1.82) is 0 Å². The number of aliphatic hydroxyl groups is 3. The molecule has 0 heterocycles. The van der Waals surface area contributed by atoms with Crippen molar-refractivity contribution in [1.82, 2.24) is 0 Å². The first-order valence-corrected chi connectivity index (χ1v) is 11.0. The van der Waals surface area contributed by atoms with E-state index >= 15 is 0 Å². The summed E-state index contributed by atoms with van der Waals surface area (Å²) < 4.78 is 14.2. The Balaban J connectivity index is 4.86. The fourth-order valence-electron chi connectivity index (χ4n) is 1.09. The Labute approximate surface area is 137 Å². The standard InChI is InChI=1S/3C4H8O3.In/c3*1-2-3(5)4(6)7;/h3*3,5H,2H2,1H3,(H,6,7);/q;;;+3/p-3. The molecule has 0 rings (SSSR count). The van der Waals surface area contributed by atoms with Crippen LogP contribution in [0.4, 0.5) is 0 Å². The number of carbonyl (C=O) groups is 3. The monoisotopic (exact) mass is 424 g/mol. The molecule has 0 aliphatic heterocycles. The zero-order chi connectivity index (χ0) is 17.3. The van der Waals surface area contributed by atoms with E-state index in [-0.39, 0.29) is 19.3 Å². The van der Waals surface area contributed by atoms with Gasteiger partial charge in [0.2, 0.25) is 0 Å². The van der Waals surface area contributed by atoms with Gasteiger partial charge in [-0.3, -0.25) is 0 Å². The van der Waals surface area contributed by atoms with Crippen LogP contribution in [0, 0.1) is 0 Å². The van der Waals surface area contributed by atoms with Gasteiger partial charge in [0, 0.05) is 0 Å². The Morgan fingerprint density at radius 2 is 0.955 bits per heavy atom. The summed E-state index contributed by atoms with van der Waals surface area (Å²) in [5.41, 5.74) is 0. The Morgan fingerprint density at radius 1 is 0.727 bits per heavy atom. The average molecular weight is 424 g/mol. The quantitative estimate of drug-likeness (QED) is 0.422. The van der Waals surface area contributed by atoms with Crippen LogP contribution in [0.15, 0.2) is 0 Å². The van der Waals surface area contributed by atoms with Crippen LogP contribution in [0.3, 0.4) is 0 Å². The van der Waals surface area contributed by atoms with E-state index in [0.29, 0.717) is 0 Å². The number of hydrogen-bond donors (Lipinski definition) is 3. The molecular formula is C12H21InO9. The van der Waals surface area contributed by atoms with Crippen LogP contribution in [0.5, 0.6) is 0 Å². The van der Waals surface area contributed by atoms with Crippen molar-refractivity contribution in [3.63, 3.8) is 0 Å². The van der Waals surface area contributed by atoms with Crippen LogP contribution < -0.4 is 0 Å². The van der Waals surface area contributed by atoms with Crippen molar-refractivity contribution in [2.45, 2.75) is 58.3 Å². The van der Waals surface area contributed by atoms with Gasteiger partial charge in [-0.15, -0.1) is 0 Å². The van der Waals surface area contributed by atoms with E-state index in [2.05, 4.69) is 0 Å². The third kappa shape index (κ3) is 7.43. The zero-order valence-corrected chi connectivity index (χ0v) is 16.0. The summed E-state index contributed by atoms with van der Waals surface area (Å²) in [5.74, 6) is -3.25. The number of carbonyl (C=O) groups excluding carboxylic acids is 3. The minimum atomic E-state index is -4.44. The second kappa shape index (κ2) is 10.8. The molecule has 0 bridgehead atoms. The van der Waals surface area contributed by atoms with E-state index in [1.54, 1.807) is 0 Å². The molecule has 0 aromatic heterocycles. The summed E-state index contributed by atoms with van der Waals surface area (Å²) in [6, 6.07) is 0. The molecule has 0 saturated heterocycles. The van der Waals surface area contributed by atoms with Crippen LogP contribution in [0.25, 0.3) is 0 Å². The molecule has 0 aromatic rings. The van der Waals surface area contributed by atoms with Gasteiger partial charge < -0.3 is 0 Å². The van der Waals surface area contributed by atoms with Crippen LogP contribution in [-0.2, 0) is 22.9 Å². The predicted octanol–water partition coefficient (Wildman–Crippen LogP) is -1.09. The maximum atomic E-state index is 11.5. The Morgan fingerprint density at radius 3 is 1.14 bits per heavy atom. The van der Waals surface area contributed by atoms with Crippen LogP contribution in [0.1, 0.15) is 40.0 Å². The molecule has 0 fully saturated rings. The van der Waals surface area contributed by atoms with Crippen LogP contribution >= 0.6 is 0 Å². The fourth-order valence-corrected chi connectivity index (χ4v) is 4.47. The minimum absolute atomic E-state index is 0.0640. The molecule has 0 radical (unpaired) electrons. The van der Waals surface area contributed by atoms with Gasteiger partial charge in [-0.05, 0) is 0 Å². The molecule has 0 aromatic carbocycles. The zero-order valence-electron chi connectivity index (χ0n) is 12.7. The topological polar surface area (TPSA) is 140 Å². The number of aliphatic hydroxyl groups excluding tert-OH is 3. The molecule has 0 spiro atoms. The van der Waals surface area contributed by atoms with Crippen molar-refractivity contribution in [3.8, 4) is 0 Å². The third-order valence-electron chi connectivity index (χ3n) is 2.61.